The van der Waals surface area contributed by atoms with Gasteiger partial charge in [0.05, 0.1) is 18.2 Å². The van der Waals surface area contributed by atoms with Gasteiger partial charge in [-0.05, 0) is 30.7 Å². The molecule has 0 aliphatic carbocycles. The third-order valence-electron chi connectivity index (χ3n) is 4.41. The lowest BCUT2D eigenvalue weighted by Gasteiger charge is -2.30. The number of hydrogen-bond acceptors (Lipinski definition) is 6. The van der Waals surface area contributed by atoms with E-state index in [-0.39, 0.29) is 33.7 Å². The van der Waals surface area contributed by atoms with E-state index in [1.807, 2.05) is 0 Å². The number of likely N-dealkylation sites (tertiary alicyclic amines) is 1. The minimum atomic E-state index is -2.25. The van der Waals surface area contributed by atoms with Gasteiger partial charge in [-0.15, -0.1) is 0 Å². The lowest BCUT2D eigenvalue weighted by molar-refractivity contribution is -0.0450. The van der Waals surface area contributed by atoms with Crippen LogP contribution in [0.15, 0.2) is 36.5 Å². The zero-order valence-corrected chi connectivity index (χ0v) is 16.8. The maximum atomic E-state index is 14.5. The normalized spacial score (nSPS) is 15.0. The van der Waals surface area contributed by atoms with Crippen molar-refractivity contribution in [2.24, 2.45) is 0 Å². The Morgan fingerprint density at radius 3 is 2.60 bits per heavy atom. The molecule has 1 aliphatic heterocycles. The fourth-order valence-corrected chi connectivity index (χ4v) is 2.87. The average molecular weight is 441 g/mol. The molecule has 1 aromatic heterocycles. The second-order valence-corrected chi connectivity index (χ2v) is 6.86. The van der Waals surface area contributed by atoms with Gasteiger partial charge >= 0.3 is 5.97 Å². The Hall–Kier alpha value is -2.94. The Morgan fingerprint density at radius 2 is 2.00 bits per heavy atom. The van der Waals surface area contributed by atoms with E-state index in [1.54, 1.807) is 4.90 Å². The third-order valence-corrected chi connectivity index (χ3v) is 4.68. The number of alkyl halides is 2. The number of carbonyl (C=O) groups excluding carboxylic acids is 2. The molecular weight excluding hydrogens is 422 g/mol. The van der Waals surface area contributed by atoms with Gasteiger partial charge in [0.15, 0.2) is 6.10 Å². The van der Waals surface area contributed by atoms with Crippen LogP contribution in [0.25, 0.3) is 0 Å². The zero-order valence-electron chi connectivity index (χ0n) is 16.0. The number of pyridine rings is 1. The van der Waals surface area contributed by atoms with E-state index in [4.69, 9.17) is 21.1 Å². The topological polar surface area (TPSA) is 78.0 Å². The quantitative estimate of drug-likeness (QED) is 0.585. The number of methoxy groups -OCH3 is 1. The highest BCUT2D eigenvalue weighted by molar-refractivity contribution is 6.32. The Morgan fingerprint density at radius 1 is 1.23 bits per heavy atom. The number of amides is 1. The maximum Gasteiger partial charge on any atom is 0.337 e. The summed E-state index contributed by atoms with van der Waals surface area (Å²) < 4.78 is 42.8. The van der Waals surface area contributed by atoms with Crippen molar-refractivity contribution in [3.8, 4) is 11.6 Å². The minimum Gasteiger partial charge on any atom is -0.481 e. The van der Waals surface area contributed by atoms with Crippen molar-refractivity contribution in [3.63, 3.8) is 0 Å². The van der Waals surface area contributed by atoms with Gasteiger partial charge in [0.1, 0.15) is 17.4 Å². The number of halogens is 3. The van der Waals surface area contributed by atoms with Gasteiger partial charge in [0.2, 0.25) is 5.88 Å². The lowest BCUT2D eigenvalue weighted by Crippen LogP contribution is -2.42. The predicted molar refractivity (Wildman–Crippen MR) is 103 cm³/mol. The molecule has 0 bridgehead atoms. The first kappa shape index (κ1) is 21.8. The summed E-state index contributed by atoms with van der Waals surface area (Å²) in [6, 6.07) is 7.00. The van der Waals surface area contributed by atoms with Crippen molar-refractivity contribution < 1.29 is 32.6 Å². The second kappa shape index (κ2) is 9.71. The summed E-state index contributed by atoms with van der Waals surface area (Å²) in [7, 11) is 1.21. The fourth-order valence-electron chi connectivity index (χ4n) is 2.66. The average Bonchev–Trinajstić information content (AvgIpc) is 2.71. The molecule has 1 aliphatic rings. The van der Waals surface area contributed by atoms with Crippen LogP contribution in [0.1, 0.15) is 27.1 Å². The van der Waals surface area contributed by atoms with E-state index in [0.717, 1.165) is 6.42 Å². The molecule has 1 fully saturated rings. The lowest BCUT2D eigenvalue weighted by atomic mass is 10.1. The molecule has 1 aromatic carbocycles. The molecule has 3 rings (SSSR count). The monoisotopic (exact) mass is 440 g/mol. The minimum absolute atomic E-state index is 0.0568. The van der Waals surface area contributed by atoms with Crippen molar-refractivity contribution in [2.45, 2.75) is 18.9 Å². The number of nitrogens with zero attached hydrogens (tertiary/aromatic N) is 2. The summed E-state index contributed by atoms with van der Waals surface area (Å²) in [6.07, 6.45) is -1.73. The molecule has 0 saturated carbocycles. The highest BCUT2D eigenvalue weighted by Crippen LogP contribution is 2.27. The van der Waals surface area contributed by atoms with Crippen LogP contribution in [-0.2, 0) is 4.74 Å². The first-order valence-corrected chi connectivity index (χ1v) is 9.47. The molecule has 7 nitrogen and oxygen atoms in total. The van der Waals surface area contributed by atoms with Crippen LogP contribution >= 0.6 is 11.6 Å². The van der Waals surface area contributed by atoms with Crippen LogP contribution in [0.2, 0.25) is 5.02 Å². The van der Waals surface area contributed by atoms with Crippen LogP contribution in [0.5, 0.6) is 11.6 Å². The van der Waals surface area contributed by atoms with Crippen LogP contribution in [0, 0.1) is 0 Å². The molecule has 30 heavy (non-hydrogen) atoms. The zero-order chi connectivity index (χ0) is 21.7. The first-order chi connectivity index (χ1) is 14.4. The molecule has 1 saturated heterocycles. The Labute approximate surface area is 176 Å². The molecule has 10 heteroatoms. The standard InChI is InChI=1S/C20H19ClF2N2O5/c1-28-20(27)12-4-2-5-14(8-12)29-16(10-22)17(23)30-18-15(21)9-13(11-24-18)19(26)25-6-3-7-25/h2,4-5,8-9,11,16-17H,3,6-7,10H2,1H3. The molecular formula is C20H19ClF2N2O5. The molecule has 2 atom stereocenters. The summed E-state index contributed by atoms with van der Waals surface area (Å²) in [6.45, 7) is 0.106. The number of esters is 1. The summed E-state index contributed by atoms with van der Waals surface area (Å²) in [4.78, 5) is 29.2. The van der Waals surface area contributed by atoms with Crippen molar-refractivity contribution in [1.29, 1.82) is 0 Å². The summed E-state index contributed by atoms with van der Waals surface area (Å²) >= 11 is 6.05. The van der Waals surface area contributed by atoms with Gasteiger partial charge in [-0.25, -0.2) is 14.2 Å². The smallest absolute Gasteiger partial charge is 0.337 e. The van der Waals surface area contributed by atoms with Gasteiger partial charge < -0.3 is 19.1 Å². The molecule has 2 aromatic rings. The van der Waals surface area contributed by atoms with Crippen molar-refractivity contribution in [2.75, 3.05) is 26.9 Å². The fraction of sp³-hybridized carbons (Fsp3) is 0.350. The number of carbonyl (C=O) groups is 2. The van der Waals surface area contributed by atoms with Crippen LogP contribution in [0.4, 0.5) is 8.78 Å². The number of aromatic nitrogens is 1. The summed E-state index contributed by atoms with van der Waals surface area (Å²) in [5.74, 6) is -1.08. The van der Waals surface area contributed by atoms with E-state index in [9.17, 15) is 18.4 Å². The highest BCUT2D eigenvalue weighted by atomic mass is 35.5. The van der Waals surface area contributed by atoms with E-state index >= 15 is 0 Å². The van der Waals surface area contributed by atoms with Gasteiger partial charge in [-0.3, -0.25) is 4.79 Å². The largest absolute Gasteiger partial charge is 0.481 e. The number of rotatable bonds is 8. The number of hydrogen-bond donors (Lipinski definition) is 0. The highest BCUT2D eigenvalue weighted by Gasteiger charge is 2.28. The number of benzene rings is 1. The Bertz CT molecular complexity index is 926. The van der Waals surface area contributed by atoms with Gasteiger partial charge in [0.25, 0.3) is 12.3 Å². The van der Waals surface area contributed by atoms with E-state index in [1.165, 1.54) is 43.6 Å². The molecule has 1 amide bonds. The molecule has 2 heterocycles. The van der Waals surface area contributed by atoms with Crippen LogP contribution < -0.4 is 9.47 Å². The summed E-state index contributed by atoms with van der Waals surface area (Å²) in [5.41, 5.74) is 0.413. The van der Waals surface area contributed by atoms with Gasteiger partial charge in [-0.1, -0.05) is 17.7 Å². The van der Waals surface area contributed by atoms with Gasteiger partial charge in [-0.2, -0.15) is 4.39 Å². The van der Waals surface area contributed by atoms with Crippen molar-refractivity contribution in [1.82, 2.24) is 9.88 Å². The second-order valence-electron chi connectivity index (χ2n) is 6.46. The maximum absolute atomic E-state index is 14.5. The Kier molecular flexibility index (Phi) is 7.04. The molecule has 0 N–H and O–H groups in total. The molecule has 2 unspecified atom stereocenters. The molecule has 0 spiro atoms. The van der Waals surface area contributed by atoms with E-state index in [2.05, 4.69) is 9.72 Å². The summed E-state index contributed by atoms with van der Waals surface area (Å²) in [5, 5.41) is -0.0886. The van der Waals surface area contributed by atoms with Crippen LogP contribution in [0.3, 0.4) is 0 Å². The third kappa shape index (κ3) is 4.96. The number of ether oxygens (including phenoxy) is 3. The first-order valence-electron chi connectivity index (χ1n) is 9.09. The van der Waals surface area contributed by atoms with Crippen molar-refractivity contribution >= 4 is 23.5 Å². The van der Waals surface area contributed by atoms with E-state index < -0.39 is 25.1 Å². The predicted octanol–water partition coefficient (Wildman–Crippen LogP) is 3.46. The van der Waals surface area contributed by atoms with Crippen LogP contribution in [-0.4, -0.2) is 61.1 Å². The van der Waals surface area contributed by atoms with E-state index in [0.29, 0.717) is 13.1 Å². The SMILES string of the molecule is COC(=O)c1cccc(OC(CF)C(F)Oc2ncc(C(=O)N3CCC3)cc2Cl)c1. The van der Waals surface area contributed by atoms with Gasteiger partial charge in [0, 0.05) is 19.3 Å². The molecule has 160 valence electrons. The Balaban J connectivity index is 1.67. The van der Waals surface area contributed by atoms with Crippen molar-refractivity contribution in [3.05, 3.63) is 52.7 Å². The molecule has 0 radical (unpaired) electrons.